The van der Waals surface area contributed by atoms with Gasteiger partial charge in [-0.1, -0.05) is 20.3 Å². The Labute approximate surface area is 130 Å². The monoisotopic (exact) mass is 305 g/mol. The molecule has 3 rings (SSSR count). The Kier molecular flexibility index (Phi) is 3.98. The largest absolute Gasteiger partial charge is 0.480 e. The Bertz CT molecular complexity index is 570. The number of carbonyl (C=O) groups is 2. The van der Waals surface area contributed by atoms with Gasteiger partial charge in [0, 0.05) is 13.0 Å². The summed E-state index contributed by atoms with van der Waals surface area (Å²) in [4.78, 5) is 25.9. The van der Waals surface area contributed by atoms with Crippen molar-refractivity contribution in [1.29, 1.82) is 0 Å². The number of rotatable bonds is 4. The van der Waals surface area contributed by atoms with E-state index in [1.807, 2.05) is 13.8 Å². The van der Waals surface area contributed by atoms with Crippen LogP contribution in [0.3, 0.4) is 0 Å². The number of carboxylic acid groups (broad SMARTS) is 1. The van der Waals surface area contributed by atoms with Crippen LogP contribution in [-0.2, 0) is 17.6 Å². The van der Waals surface area contributed by atoms with E-state index >= 15 is 0 Å². The third-order valence-corrected chi connectivity index (χ3v) is 5.21. The first-order valence-electron chi connectivity index (χ1n) is 8.22. The van der Waals surface area contributed by atoms with Crippen molar-refractivity contribution < 1.29 is 19.1 Å². The fourth-order valence-electron chi connectivity index (χ4n) is 4.14. The zero-order valence-electron chi connectivity index (χ0n) is 13.2. The molecule has 0 spiro atoms. The maximum absolute atomic E-state index is 12.8. The summed E-state index contributed by atoms with van der Waals surface area (Å²) in [5.41, 5.74) is 1.04. The Morgan fingerprint density at radius 3 is 2.68 bits per heavy atom. The molecule has 0 radical (unpaired) electrons. The van der Waals surface area contributed by atoms with Gasteiger partial charge in [0.25, 0.3) is 5.91 Å². The minimum atomic E-state index is -0.888. The first kappa shape index (κ1) is 15.1. The number of fused-ring (bicyclic) bond motifs is 1. The molecule has 0 bridgehead atoms. The molecule has 1 N–H and O–H groups in total. The smallest absolute Gasteiger partial charge is 0.326 e. The van der Waals surface area contributed by atoms with Crippen LogP contribution in [0.2, 0.25) is 0 Å². The summed E-state index contributed by atoms with van der Waals surface area (Å²) in [5, 5.41) is 9.55. The summed E-state index contributed by atoms with van der Waals surface area (Å²) in [6.07, 6.45) is 4.56. The molecule has 1 aliphatic carbocycles. The van der Waals surface area contributed by atoms with E-state index < -0.39 is 12.0 Å². The van der Waals surface area contributed by atoms with Crippen molar-refractivity contribution in [1.82, 2.24) is 4.90 Å². The number of hydrogen-bond acceptors (Lipinski definition) is 3. The van der Waals surface area contributed by atoms with Crippen LogP contribution in [0, 0.1) is 11.8 Å². The van der Waals surface area contributed by atoms with Gasteiger partial charge in [-0.25, -0.2) is 4.79 Å². The second-order valence-corrected chi connectivity index (χ2v) is 6.36. The number of likely N-dealkylation sites (tertiary alicyclic amines) is 1. The van der Waals surface area contributed by atoms with Gasteiger partial charge in [0.2, 0.25) is 0 Å². The molecular weight excluding hydrogens is 282 g/mol. The van der Waals surface area contributed by atoms with Crippen molar-refractivity contribution in [3.05, 3.63) is 23.2 Å². The lowest BCUT2D eigenvalue weighted by atomic mass is 9.94. The van der Waals surface area contributed by atoms with E-state index in [1.165, 1.54) is 4.90 Å². The molecule has 3 atom stereocenters. The molecule has 1 amide bonds. The van der Waals surface area contributed by atoms with Crippen LogP contribution >= 0.6 is 0 Å². The lowest BCUT2D eigenvalue weighted by molar-refractivity contribution is -0.142. The summed E-state index contributed by atoms with van der Waals surface area (Å²) >= 11 is 0. The van der Waals surface area contributed by atoms with Crippen LogP contribution in [0.15, 0.2) is 10.5 Å². The van der Waals surface area contributed by atoms with Crippen molar-refractivity contribution in [2.45, 2.75) is 52.0 Å². The summed E-state index contributed by atoms with van der Waals surface area (Å²) in [5.74, 6) is 0.401. The van der Waals surface area contributed by atoms with Crippen LogP contribution in [0.25, 0.3) is 0 Å². The fraction of sp³-hybridized carbons (Fsp3) is 0.647. The first-order chi connectivity index (χ1) is 10.6. The van der Waals surface area contributed by atoms with Crippen LogP contribution in [0.1, 0.15) is 55.0 Å². The number of aryl methyl sites for hydroxylation is 2. The van der Waals surface area contributed by atoms with E-state index in [2.05, 4.69) is 0 Å². The summed E-state index contributed by atoms with van der Waals surface area (Å²) in [7, 11) is 0. The van der Waals surface area contributed by atoms with Crippen LogP contribution in [0.5, 0.6) is 0 Å². The van der Waals surface area contributed by atoms with Crippen molar-refractivity contribution in [3.8, 4) is 0 Å². The molecule has 2 heterocycles. The molecule has 0 aromatic carbocycles. The number of carbonyl (C=O) groups excluding carboxylic acids is 1. The summed E-state index contributed by atoms with van der Waals surface area (Å²) < 4.78 is 5.70. The average Bonchev–Trinajstić information content (AvgIpc) is 3.18. The van der Waals surface area contributed by atoms with Crippen molar-refractivity contribution in [2.24, 2.45) is 11.8 Å². The molecule has 5 heteroatoms. The van der Waals surface area contributed by atoms with Crippen LogP contribution in [-0.4, -0.2) is 34.5 Å². The van der Waals surface area contributed by atoms with Gasteiger partial charge in [0.15, 0.2) is 5.76 Å². The minimum Gasteiger partial charge on any atom is -0.480 e. The Morgan fingerprint density at radius 1 is 1.32 bits per heavy atom. The maximum atomic E-state index is 12.8. The zero-order valence-corrected chi connectivity index (χ0v) is 13.2. The molecular formula is C17H23NO4. The first-order valence-corrected chi connectivity index (χ1v) is 8.22. The number of carboxylic acids is 1. The lowest BCUT2D eigenvalue weighted by Crippen LogP contribution is -2.43. The molecule has 1 aromatic heterocycles. The molecule has 3 unspecified atom stereocenters. The molecule has 1 aliphatic heterocycles. The fourth-order valence-corrected chi connectivity index (χ4v) is 4.14. The van der Waals surface area contributed by atoms with E-state index in [4.69, 9.17) is 4.42 Å². The predicted molar refractivity (Wildman–Crippen MR) is 80.8 cm³/mol. The molecule has 1 saturated heterocycles. The number of aliphatic carboxylic acids is 1. The van der Waals surface area contributed by atoms with Gasteiger partial charge < -0.3 is 14.4 Å². The molecule has 22 heavy (non-hydrogen) atoms. The normalized spacial score (nSPS) is 27.2. The highest BCUT2D eigenvalue weighted by molar-refractivity contribution is 5.95. The molecule has 5 nitrogen and oxygen atoms in total. The number of nitrogens with zero attached hydrogens (tertiary/aromatic N) is 1. The Morgan fingerprint density at radius 2 is 2.09 bits per heavy atom. The van der Waals surface area contributed by atoms with E-state index in [-0.39, 0.29) is 11.8 Å². The zero-order chi connectivity index (χ0) is 15.9. The van der Waals surface area contributed by atoms with Gasteiger partial charge in [-0.05, 0) is 42.7 Å². The molecule has 120 valence electrons. The Hall–Kier alpha value is -1.78. The quantitative estimate of drug-likeness (QED) is 0.928. The summed E-state index contributed by atoms with van der Waals surface area (Å²) in [6.45, 7) is 4.56. The van der Waals surface area contributed by atoms with E-state index in [0.717, 1.165) is 43.4 Å². The highest BCUT2D eigenvalue weighted by atomic mass is 16.4. The Balaban J connectivity index is 1.88. The van der Waals surface area contributed by atoms with Gasteiger partial charge in [0.1, 0.15) is 11.8 Å². The second kappa shape index (κ2) is 5.78. The van der Waals surface area contributed by atoms with E-state index in [0.29, 0.717) is 18.2 Å². The molecule has 2 fully saturated rings. The van der Waals surface area contributed by atoms with Gasteiger partial charge in [-0.3, -0.25) is 4.79 Å². The highest BCUT2D eigenvalue weighted by Crippen LogP contribution is 2.42. The van der Waals surface area contributed by atoms with Crippen molar-refractivity contribution in [2.75, 3.05) is 6.54 Å². The number of furan rings is 1. The van der Waals surface area contributed by atoms with Gasteiger partial charge in [-0.15, -0.1) is 0 Å². The molecule has 1 saturated carbocycles. The van der Waals surface area contributed by atoms with E-state index in [9.17, 15) is 14.7 Å². The van der Waals surface area contributed by atoms with Crippen LogP contribution in [0.4, 0.5) is 0 Å². The maximum Gasteiger partial charge on any atom is 0.326 e. The molecule has 1 aromatic rings. The number of amides is 1. The minimum absolute atomic E-state index is 0.104. The number of hydrogen-bond donors (Lipinski definition) is 1. The van der Waals surface area contributed by atoms with Crippen molar-refractivity contribution >= 4 is 11.9 Å². The second-order valence-electron chi connectivity index (χ2n) is 6.36. The van der Waals surface area contributed by atoms with Gasteiger partial charge in [-0.2, -0.15) is 0 Å². The SMILES string of the molecule is CCc1cc(C(=O)N2CC3CCCC3C2C(=O)O)oc1CC. The lowest BCUT2D eigenvalue weighted by Gasteiger charge is -2.23. The predicted octanol–water partition coefficient (Wildman–Crippen LogP) is 2.73. The third kappa shape index (κ3) is 2.32. The van der Waals surface area contributed by atoms with Gasteiger partial charge in [0.05, 0.1) is 0 Å². The van der Waals surface area contributed by atoms with Crippen molar-refractivity contribution in [3.63, 3.8) is 0 Å². The van der Waals surface area contributed by atoms with E-state index in [1.54, 1.807) is 6.07 Å². The van der Waals surface area contributed by atoms with Crippen LogP contribution < -0.4 is 0 Å². The van der Waals surface area contributed by atoms with Gasteiger partial charge >= 0.3 is 5.97 Å². The topological polar surface area (TPSA) is 70.8 Å². The summed E-state index contributed by atoms with van der Waals surface area (Å²) in [6, 6.07) is 1.09. The third-order valence-electron chi connectivity index (χ3n) is 5.21. The highest BCUT2D eigenvalue weighted by Gasteiger charge is 2.50. The standard InChI is InChI=1S/C17H23NO4/c1-3-10-8-14(22-13(10)4-2)16(19)18-9-11-6-5-7-12(11)15(18)17(20)21/h8,11-12,15H,3-7,9H2,1-2H3,(H,20,21). The molecule has 2 aliphatic rings. The average molecular weight is 305 g/mol.